The zero-order chi connectivity index (χ0) is 12.1. The molecule has 0 unspecified atom stereocenters. The summed E-state index contributed by atoms with van der Waals surface area (Å²) >= 11 is 1.63. The second kappa shape index (κ2) is 5.84. The van der Waals surface area contributed by atoms with Gasteiger partial charge in [0.1, 0.15) is 10.0 Å². The molecule has 0 bridgehead atoms. The van der Waals surface area contributed by atoms with E-state index >= 15 is 0 Å². The van der Waals surface area contributed by atoms with E-state index in [2.05, 4.69) is 27.4 Å². The van der Waals surface area contributed by atoms with Crippen molar-refractivity contribution in [2.45, 2.75) is 26.8 Å². The summed E-state index contributed by atoms with van der Waals surface area (Å²) in [5, 5.41) is 13.7. The van der Waals surface area contributed by atoms with Crippen LogP contribution in [0.2, 0.25) is 0 Å². The highest BCUT2D eigenvalue weighted by molar-refractivity contribution is 7.14. The third kappa shape index (κ3) is 3.31. The summed E-state index contributed by atoms with van der Waals surface area (Å²) in [6.45, 7) is 5.95. The van der Waals surface area contributed by atoms with Crippen molar-refractivity contribution in [1.82, 2.24) is 20.5 Å². The van der Waals surface area contributed by atoms with E-state index in [9.17, 15) is 0 Å². The van der Waals surface area contributed by atoms with Crippen molar-refractivity contribution in [3.05, 3.63) is 29.0 Å². The Morgan fingerprint density at radius 1 is 1.35 bits per heavy atom. The molecular weight excluding hydrogens is 232 g/mol. The minimum Gasteiger partial charge on any atom is -0.310 e. The van der Waals surface area contributed by atoms with Gasteiger partial charge >= 0.3 is 0 Å². The number of pyridine rings is 1. The Morgan fingerprint density at radius 2 is 2.24 bits per heavy atom. The highest BCUT2D eigenvalue weighted by Gasteiger charge is 2.06. The Labute approximate surface area is 105 Å². The third-order valence-electron chi connectivity index (χ3n) is 2.31. The Morgan fingerprint density at radius 3 is 3.00 bits per heavy atom. The zero-order valence-corrected chi connectivity index (χ0v) is 10.9. The number of nitrogens with zero attached hydrogens (tertiary/aromatic N) is 3. The van der Waals surface area contributed by atoms with Gasteiger partial charge in [0.25, 0.3) is 0 Å². The molecule has 4 nitrogen and oxygen atoms in total. The van der Waals surface area contributed by atoms with E-state index in [4.69, 9.17) is 0 Å². The maximum atomic E-state index is 4.21. The maximum Gasteiger partial charge on any atom is 0.147 e. The van der Waals surface area contributed by atoms with Gasteiger partial charge in [-0.2, -0.15) is 0 Å². The van der Waals surface area contributed by atoms with E-state index in [1.54, 1.807) is 17.5 Å². The number of hydrogen-bond acceptors (Lipinski definition) is 5. The fraction of sp³-hybridized carbons (Fsp3) is 0.417. The summed E-state index contributed by atoms with van der Waals surface area (Å²) in [4.78, 5) is 4.18. The molecule has 0 saturated heterocycles. The van der Waals surface area contributed by atoms with Crippen LogP contribution in [0.4, 0.5) is 0 Å². The van der Waals surface area contributed by atoms with Crippen molar-refractivity contribution in [1.29, 1.82) is 0 Å². The molecule has 0 saturated carbocycles. The van der Waals surface area contributed by atoms with Gasteiger partial charge in [-0.15, -0.1) is 10.2 Å². The number of rotatable bonds is 5. The van der Waals surface area contributed by atoms with Crippen LogP contribution in [0.5, 0.6) is 0 Å². The van der Waals surface area contributed by atoms with Gasteiger partial charge in [0.15, 0.2) is 0 Å². The highest BCUT2D eigenvalue weighted by atomic mass is 32.1. The zero-order valence-electron chi connectivity index (χ0n) is 10.1. The molecular formula is C12H16N4S. The predicted octanol–water partition coefficient (Wildman–Crippen LogP) is 2.41. The summed E-state index contributed by atoms with van der Waals surface area (Å²) in [6.07, 6.45) is 2.94. The fourth-order valence-electron chi connectivity index (χ4n) is 1.49. The van der Waals surface area contributed by atoms with Gasteiger partial charge in [-0.05, 0) is 32.0 Å². The summed E-state index contributed by atoms with van der Waals surface area (Å²) in [6, 6.07) is 4.00. The van der Waals surface area contributed by atoms with E-state index in [0.717, 1.165) is 40.8 Å². The first-order valence-corrected chi connectivity index (χ1v) is 6.57. The quantitative estimate of drug-likeness (QED) is 0.826. The number of hydrogen-bond donors (Lipinski definition) is 1. The normalized spacial score (nSPS) is 10.7. The Balaban J connectivity index is 2.07. The molecule has 0 atom stereocenters. The average Bonchev–Trinajstić information content (AvgIpc) is 2.78. The van der Waals surface area contributed by atoms with Crippen LogP contribution >= 0.6 is 11.3 Å². The Hall–Kier alpha value is -1.33. The molecule has 2 rings (SSSR count). The molecule has 2 aromatic rings. The third-order valence-corrected chi connectivity index (χ3v) is 3.29. The molecule has 17 heavy (non-hydrogen) atoms. The molecule has 90 valence electrons. The lowest BCUT2D eigenvalue weighted by Crippen LogP contribution is -2.13. The molecule has 2 aromatic heterocycles. The van der Waals surface area contributed by atoms with Gasteiger partial charge < -0.3 is 5.32 Å². The molecule has 0 aliphatic rings. The lowest BCUT2D eigenvalue weighted by Gasteiger charge is -1.97. The Kier molecular flexibility index (Phi) is 4.17. The van der Waals surface area contributed by atoms with Crippen LogP contribution in [-0.4, -0.2) is 21.7 Å². The standard InChI is InChI=1S/C12H16N4S/c1-3-5-13-8-11-15-16-12(17-11)10-4-6-14-9(2)7-10/h4,6-7,13H,3,5,8H2,1-2H3. The largest absolute Gasteiger partial charge is 0.310 e. The van der Waals surface area contributed by atoms with E-state index < -0.39 is 0 Å². The second-order valence-corrected chi connectivity index (χ2v) is 4.93. The Bertz CT molecular complexity index is 481. The van der Waals surface area contributed by atoms with Crippen LogP contribution < -0.4 is 5.32 Å². The molecule has 0 fully saturated rings. The molecule has 0 aliphatic heterocycles. The van der Waals surface area contributed by atoms with Gasteiger partial charge in [-0.25, -0.2) is 0 Å². The van der Waals surface area contributed by atoms with E-state index in [1.165, 1.54) is 0 Å². The molecule has 1 N–H and O–H groups in total. The molecule has 0 amide bonds. The lowest BCUT2D eigenvalue weighted by molar-refractivity contribution is 0.668. The second-order valence-electron chi connectivity index (χ2n) is 3.86. The molecule has 0 aromatic carbocycles. The van der Waals surface area contributed by atoms with Crippen molar-refractivity contribution < 1.29 is 0 Å². The highest BCUT2D eigenvalue weighted by Crippen LogP contribution is 2.23. The first kappa shape index (κ1) is 12.1. The minimum atomic E-state index is 0.801. The molecule has 0 aliphatic carbocycles. The molecule has 0 spiro atoms. The van der Waals surface area contributed by atoms with Crippen LogP contribution in [0, 0.1) is 6.92 Å². The maximum absolute atomic E-state index is 4.21. The van der Waals surface area contributed by atoms with Gasteiger partial charge in [0.2, 0.25) is 0 Å². The van der Waals surface area contributed by atoms with Gasteiger partial charge in [-0.1, -0.05) is 18.3 Å². The topological polar surface area (TPSA) is 50.7 Å². The van der Waals surface area contributed by atoms with Crippen molar-refractivity contribution in [3.8, 4) is 10.6 Å². The monoisotopic (exact) mass is 248 g/mol. The van der Waals surface area contributed by atoms with Gasteiger partial charge in [0, 0.05) is 24.0 Å². The van der Waals surface area contributed by atoms with Crippen LogP contribution in [-0.2, 0) is 6.54 Å². The van der Waals surface area contributed by atoms with Crippen LogP contribution in [0.1, 0.15) is 24.0 Å². The van der Waals surface area contributed by atoms with Crippen LogP contribution in [0.15, 0.2) is 18.3 Å². The van der Waals surface area contributed by atoms with Crippen molar-refractivity contribution in [2.24, 2.45) is 0 Å². The van der Waals surface area contributed by atoms with Gasteiger partial charge in [-0.3, -0.25) is 4.98 Å². The smallest absolute Gasteiger partial charge is 0.147 e. The lowest BCUT2D eigenvalue weighted by atomic mass is 10.2. The fourth-order valence-corrected chi connectivity index (χ4v) is 2.30. The minimum absolute atomic E-state index is 0.801. The van der Waals surface area contributed by atoms with Crippen LogP contribution in [0.3, 0.4) is 0 Å². The van der Waals surface area contributed by atoms with Gasteiger partial charge in [0.05, 0.1) is 0 Å². The van der Waals surface area contributed by atoms with E-state index in [-0.39, 0.29) is 0 Å². The summed E-state index contributed by atoms with van der Waals surface area (Å²) in [5.74, 6) is 0. The first-order chi connectivity index (χ1) is 8.29. The average molecular weight is 248 g/mol. The molecule has 2 heterocycles. The van der Waals surface area contributed by atoms with E-state index in [0.29, 0.717) is 0 Å². The van der Waals surface area contributed by atoms with Crippen molar-refractivity contribution >= 4 is 11.3 Å². The van der Waals surface area contributed by atoms with E-state index in [1.807, 2.05) is 19.1 Å². The summed E-state index contributed by atoms with van der Waals surface area (Å²) < 4.78 is 0. The number of nitrogens with one attached hydrogen (secondary N) is 1. The summed E-state index contributed by atoms with van der Waals surface area (Å²) in [5.41, 5.74) is 2.10. The van der Waals surface area contributed by atoms with Crippen molar-refractivity contribution in [3.63, 3.8) is 0 Å². The summed E-state index contributed by atoms with van der Waals surface area (Å²) in [7, 11) is 0. The molecule has 0 radical (unpaired) electrons. The van der Waals surface area contributed by atoms with Crippen LogP contribution in [0.25, 0.3) is 10.6 Å². The van der Waals surface area contributed by atoms with Crippen molar-refractivity contribution in [2.75, 3.05) is 6.54 Å². The SMILES string of the molecule is CCCNCc1nnc(-c2ccnc(C)c2)s1. The molecule has 5 heteroatoms. The number of aryl methyl sites for hydroxylation is 1. The first-order valence-electron chi connectivity index (χ1n) is 5.75. The number of aromatic nitrogens is 3. The predicted molar refractivity (Wildman–Crippen MR) is 69.9 cm³/mol.